The van der Waals surface area contributed by atoms with Gasteiger partial charge in [0.05, 0.1) is 0 Å². The van der Waals surface area contributed by atoms with Crippen molar-refractivity contribution in [2.75, 3.05) is 13.6 Å². The number of aliphatic imine (C=N–C) groups is 1. The molecule has 0 unspecified atom stereocenters. The largest absolute Gasteiger partial charge is 0.444 e. The number of nitrogens with one attached hydrogen (secondary N) is 1. The Morgan fingerprint density at radius 3 is 2.64 bits per heavy atom. The Hall–Kier alpha value is -1.06. The van der Waals surface area contributed by atoms with E-state index in [1.165, 1.54) is 0 Å². The summed E-state index contributed by atoms with van der Waals surface area (Å²) < 4.78 is 5.06. The van der Waals surface area contributed by atoms with Crippen LogP contribution in [0.15, 0.2) is 4.99 Å². The molecule has 0 aromatic carbocycles. The average Bonchev–Trinajstić information content (AvgIpc) is 2.00. The minimum absolute atomic E-state index is 0.356. The van der Waals surface area contributed by atoms with E-state index < -0.39 is 5.60 Å². The molecular weight excluding hydrogens is 180 g/mol. The number of rotatable bonds is 4. The molecule has 4 heteroatoms. The molecule has 0 saturated heterocycles. The Morgan fingerprint density at radius 1 is 1.50 bits per heavy atom. The van der Waals surface area contributed by atoms with Crippen LogP contribution in [0, 0.1) is 0 Å². The third kappa shape index (κ3) is 9.03. The van der Waals surface area contributed by atoms with Gasteiger partial charge in [0.1, 0.15) is 5.60 Å². The van der Waals surface area contributed by atoms with Gasteiger partial charge in [-0.25, -0.2) is 4.79 Å². The first-order chi connectivity index (χ1) is 6.45. The molecule has 0 aliphatic carbocycles. The molecule has 0 radical (unpaired) electrons. The SMILES string of the molecule is C/N=C/CCCNC(=O)OC(C)(C)C. The number of hydrogen-bond donors (Lipinski definition) is 1. The van der Waals surface area contributed by atoms with Crippen LogP contribution in [0.5, 0.6) is 0 Å². The zero-order valence-electron chi connectivity index (χ0n) is 9.46. The van der Waals surface area contributed by atoms with Crippen molar-refractivity contribution in [1.29, 1.82) is 0 Å². The lowest BCUT2D eigenvalue weighted by Crippen LogP contribution is -2.33. The highest BCUT2D eigenvalue weighted by molar-refractivity contribution is 5.67. The Morgan fingerprint density at radius 2 is 2.14 bits per heavy atom. The van der Waals surface area contributed by atoms with E-state index in [4.69, 9.17) is 4.74 Å². The van der Waals surface area contributed by atoms with E-state index in [-0.39, 0.29) is 6.09 Å². The van der Waals surface area contributed by atoms with Gasteiger partial charge in [-0.3, -0.25) is 0 Å². The maximum atomic E-state index is 11.1. The topological polar surface area (TPSA) is 50.7 Å². The summed E-state index contributed by atoms with van der Waals surface area (Å²) in [6, 6.07) is 0. The second-order valence-electron chi connectivity index (χ2n) is 4.01. The molecule has 14 heavy (non-hydrogen) atoms. The summed E-state index contributed by atoms with van der Waals surface area (Å²) in [5.41, 5.74) is -0.422. The number of alkyl carbamates (subject to hydrolysis) is 1. The van der Waals surface area contributed by atoms with Gasteiger partial charge in [0.15, 0.2) is 0 Å². The molecule has 82 valence electrons. The fourth-order valence-corrected chi connectivity index (χ4v) is 0.827. The summed E-state index contributed by atoms with van der Waals surface area (Å²) in [7, 11) is 1.74. The molecule has 0 bridgehead atoms. The fourth-order valence-electron chi connectivity index (χ4n) is 0.827. The molecule has 0 aliphatic rings. The standard InChI is InChI=1S/C10H20N2O2/c1-10(2,3)14-9(13)12-8-6-5-7-11-4/h7H,5-6,8H2,1-4H3,(H,12,13)/b11-7+. The quantitative estimate of drug-likeness (QED) is 0.557. The lowest BCUT2D eigenvalue weighted by Gasteiger charge is -2.19. The molecule has 1 N–H and O–H groups in total. The first-order valence-electron chi connectivity index (χ1n) is 4.83. The van der Waals surface area contributed by atoms with E-state index in [1.54, 1.807) is 7.05 Å². The molecule has 0 aromatic rings. The molecule has 0 atom stereocenters. The molecule has 0 aromatic heterocycles. The van der Waals surface area contributed by atoms with Gasteiger partial charge in [0.2, 0.25) is 0 Å². The highest BCUT2D eigenvalue weighted by Crippen LogP contribution is 2.06. The Balaban J connectivity index is 3.45. The number of amides is 1. The van der Waals surface area contributed by atoms with Crippen LogP contribution in [0.3, 0.4) is 0 Å². The van der Waals surface area contributed by atoms with Crippen LogP contribution < -0.4 is 5.32 Å². The van der Waals surface area contributed by atoms with Crippen molar-refractivity contribution in [3.05, 3.63) is 0 Å². The van der Waals surface area contributed by atoms with Gasteiger partial charge in [-0.05, 0) is 39.8 Å². The summed E-state index contributed by atoms with van der Waals surface area (Å²) in [6.45, 7) is 6.16. The van der Waals surface area contributed by atoms with Crippen molar-refractivity contribution in [2.24, 2.45) is 4.99 Å². The lowest BCUT2D eigenvalue weighted by atomic mass is 10.2. The number of unbranched alkanes of at least 4 members (excludes halogenated alkanes) is 1. The lowest BCUT2D eigenvalue weighted by molar-refractivity contribution is 0.0527. The van der Waals surface area contributed by atoms with E-state index >= 15 is 0 Å². The van der Waals surface area contributed by atoms with Crippen LogP contribution in [0.1, 0.15) is 33.6 Å². The van der Waals surface area contributed by atoms with Crippen molar-refractivity contribution < 1.29 is 9.53 Å². The summed E-state index contributed by atoms with van der Waals surface area (Å²) in [6.07, 6.45) is 3.24. The van der Waals surface area contributed by atoms with Crippen molar-refractivity contribution in [2.45, 2.75) is 39.2 Å². The first-order valence-corrected chi connectivity index (χ1v) is 4.83. The smallest absolute Gasteiger partial charge is 0.407 e. The Kier molecular flexibility index (Phi) is 5.92. The summed E-state index contributed by atoms with van der Waals surface area (Å²) >= 11 is 0. The van der Waals surface area contributed by atoms with E-state index in [0.717, 1.165) is 12.8 Å². The van der Waals surface area contributed by atoms with Gasteiger partial charge in [0, 0.05) is 13.6 Å². The monoisotopic (exact) mass is 200 g/mol. The third-order valence-electron chi connectivity index (χ3n) is 1.36. The van der Waals surface area contributed by atoms with Gasteiger partial charge >= 0.3 is 6.09 Å². The summed E-state index contributed by atoms with van der Waals surface area (Å²) in [5, 5.41) is 2.68. The minimum atomic E-state index is -0.422. The van der Waals surface area contributed by atoms with E-state index in [0.29, 0.717) is 6.54 Å². The second kappa shape index (κ2) is 6.40. The van der Waals surface area contributed by atoms with Crippen molar-refractivity contribution in [1.82, 2.24) is 5.32 Å². The molecule has 0 aliphatic heterocycles. The van der Waals surface area contributed by atoms with Crippen LogP contribution >= 0.6 is 0 Å². The van der Waals surface area contributed by atoms with E-state index in [9.17, 15) is 4.79 Å². The zero-order chi connectivity index (χ0) is 11.0. The van der Waals surface area contributed by atoms with Crippen molar-refractivity contribution in [3.8, 4) is 0 Å². The molecule has 0 heterocycles. The first kappa shape index (κ1) is 12.9. The third-order valence-corrected chi connectivity index (χ3v) is 1.36. The Bertz CT molecular complexity index is 195. The maximum Gasteiger partial charge on any atom is 0.407 e. The normalized spacial score (nSPS) is 11.7. The fraction of sp³-hybridized carbons (Fsp3) is 0.800. The van der Waals surface area contributed by atoms with Crippen molar-refractivity contribution >= 4 is 12.3 Å². The predicted octanol–water partition coefficient (Wildman–Crippen LogP) is 1.99. The highest BCUT2D eigenvalue weighted by Gasteiger charge is 2.15. The van der Waals surface area contributed by atoms with Gasteiger partial charge < -0.3 is 15.0 Å². The van der Waals surface area contributed by atoms with E-state index in [2.05, 4.69) is 10.3 Å². The minimum Gasteiger partial charge on any atom is -0.444 e. The van der Waals surface area contributed by atoms with Crippen LogP contribution in [0.2, 0.25) is 0 Å². The summed E-state index contributed by atoms with van der Waals surface area (Å²) in [5.74, 6) is 0. The van der Waals surface area contributed by atoms with Crippen LogP contribution in [0.25, 0.3) is 0 Å². The zero-order valence-corrected chi connectivity index (χ0v) is 9.46. The summed E-state index contributed by atoms with van der Waals surface area (Å²) in [4.78, 5) is 15.0. The molecule has 0 saturated carbocycles. The maximum absolute atomic E-state index is 11.1. The van der Waals surface area contributed by atoms with E-state index in [1.807, 2.05) is 27.0 Å². The second-order valence-corrected chi connectivity index (χ2v) is 4.01. The molecular formula is C10H20N2O2. The number of carbonyl (C=O) groups is 1. The molecule has 4 nitrogen and oxygen atoms in total. The molecule has 0 rings (SSSR count). The van der Waals surface area contributed by atoms with Crippen molar-refractivity contribution in [3.63, 3.8) is 0 Å². The Labute approximate surface area is 85.7 Å². The van der Waals surface area contributed by atoms with Crippen LogP contribution in [-0.4, -0.2) is 31.5 Å². The molecule has 0 spiro atoms. The number of carbonyl (C=O) groups excluding carboxylic acids is 1. The van der Waals surface area contributed by atoms with Gasteiger partial charge in [0.25, 0.3) is 0 Å². The van der Waals surface area contributed by atoms with Crippen LogP contribution in [0.4, 0.5) is 4.79 Å². The van der Waals surface area contributed by atoms with Gasteiger partial charge in [-0.2, -0.15) is 0 Å². The van der Waals surface area contributed by atoms with Gasteiger partial charge in [-0.15, -0.1) is 0 Å². The predicted molar refractivity (Wildman–Crippen MR) is 57.9 cm³/mol. The number of hydrogen-bond acceptors (Lipinski definition) is 3. The highest BCUT2D eigenvalue weighted by atomic mass is 16.6. The van der Waals surface area contributed by atoms with Crippen LogP contribution in [-0.2, 0) is 4.74 Å². The average molecular weight is 200 g/mol. The molecule has 0 fully saturated rings. The number of ether oxygens (including phenoxy) is 1. The molecule has 1 amide bonds. The number of nitrogens with zero attached hydrogens (tertiary/aromatic N) is 1. The van der Waals surface area contributed by atoms with Gasteiger partial charge in [-0.1, -0.05) is 0 Å².